The fourth-order valence-corrected chi connectivity index (χ4v) is 2.68. The Morgan fingerprint density at radius 3 is 2.35 bits per heavy atom. The number of benzene rings is 2. The summed E-state index contributed by atoms with van der Waals surface area (Å²) in [5.41, 5.74) is 1.86. The van der Waals surface area contributed by atoms with Crippen LogP contribution in [0.25, 0.3) is 11.4 Å². The molecule has 0 aliphatic carbocycles. The van der Waals surface area contributed by atoms with Crippen LogP contribution in [0.1, 0.15) is 17.8 Å². The Kier molecular flexibility index (Phi) is 8.24. The van der Waals surface area contributed by atoms with E-state index >= 15 is 0 Å². The smallest absolute Gasteiger partial charge is 0.222 e. The van der Waals surface area contributed by atoms with Gasteiger partial charge < -0.3 is 19.9 Å². The second-order valence-corrected chi connectivity index (χ2v) is 6.77. The van der Waals surface area contributed by atoms with Crippen molar-refractivity contribution in [2.24, 2.45) is 0 Å². The first-order valence-electron chi connectivity index (χ1n) is 10.00. The average Bonchev–Trinajstić information content (AvgIpc) is 2.78. The number of amides is 1. The fraction of sp³-hybridized carbons (Fsp3) is 0.318. The van der Waals surface area contributed by atoms with Gasteiger partial charge in [-0.05, 0) is 55.3 Å². The van der Waals surface area contributed by atoms with E-state index in [1.54, 1.807) is 19.1 Å². The molecule has 1 aromatic heterocycles. The molecule has 0 spiro atoms. The minimum Gasteiger partial charge on any atom is -0.508 e. The lowest BCUT2D eigenvalue weighted by Gasteiger charge is -2.08. The van der Waals surface area contributed by atoms with Crippen LogP contribution >= 0.6 is 0 Å². The zero-order valence-corrected chi connectivity index (χ0v) is 17.3. The van der Waals surface area contributed by atoms with E-state index in [2.05, 4.69) is 25.7 Å². The molecule has 1 heterocycles. The molecule has 9 heteroatoms. The lowest BCUT2D eigenvalue weighted by atomic mass is 10.1. The Morgan fingerprint density at radius 1 is 0.935 bits per heavy atom. The molecule has 3 aromatic rings. The quantitative estimate of drug-likeness (QED) is 0.450. The third kappa shape index (κ3) is 7.63. The van der Waals surface area contributed by atoms with Crippen LogP contribution in [0.15, 0.2) is 48.5 Å². The lowest BCUT2D eigenvalue weighted by Crippen LogP contribution is -2.26. The first-order valence-corrected chi connectivity index (χ1v) is 10.00. The number of aromatic nitrogens is 4. The molecule has 0 saturated heterocycles. The van der Waals surface area contributed by atoms with Gasteiger partial charge in [0.2, 0.25) is 11.7 Å². The molecule has 0 atom stereocenters. The highest BCUT2D eigenvalue weighted by Crippen LogP contribution is 2.18. The van der Waals surface area contributed by atoms with Crippen molar-refractivity contribution < 1.29 is 19.4 Å². The van der Waals surface area contributed by atoms with Crippen molar-refractivity contribution in [3.05, 3.63) is 59.9 Å². The minimum atomic E-state index is -0.0578. The summed E-state index contributed by atoms with van der Waals surface area (Å²) in [7, 11) is 0. The maximum absolute atomic E-state index is 11.8. The number of hydrogen-bond donors (Lipinski definition) is 2. The number of carbonyl (C=O) groups is 1. The molecule has 0 unspecified atom stereocenters. The van der Waals surface area contributed by atoms with Gasteiger partial charge in [0.25, 0.3) is 0 Å². The summed E-state index contributed by atoms with van der Waals surface area (Å²) in [4.78, 5) is 11.8. The molecule has 2 N–H and O–H groups in total. The van der Waals surface area contributed by atoms with Crippen LogP contribution in [0.2, 0.25) is 0 Å². The van der Waals surface area contributed by atoms with E-state index in [4.69, 9.17) is 9.47 Å². The number of nitrogens with zero attached hydrogens (tertiary/aromatic N) is 4. The summed E-state index contributed by atoms with van der Waals surface area (Å²) < 4.78 is 11.1. The molecule has 0 aliphatic rings. The van der Waals surface area contributed by atoms with Crippen LogP contribution in [-0.4, -0.2) is 57.8 Å². The molecule has 31 heavy (non-hydrogen) atoms. The van der Waals surface area contributed by atoms with Crippen LogP contribution < -0.4 is 10.1 Å². The van der Waals surface area contributed by atoms with E-state index < -0.39 is 0 Å². The number of phenols is 1. The summed E-state index contributed by atoms with van der Waals surface area (Å²) in [5.74, 6) is 1.86. The SMILES string of the molecule is Cc1nnc(-c2ccc(OCCOCCC(=O)NCCc3ccc(O)cc3)cc2)nn1. The minimum absolute atomic E-state index is 0.0578. The number of nitrogens with one attached hydrogen (secondary N) is 1. The number of carbonyl (C=O) groups excluding carboxylic acids is 1. The molecule has 3 rings (SSSR count). The monoisotopic (exact) mass is 423 g/mol. The second kappa shape index (κ2) is 11.6. The van der Waals surface area contributed by atoms with Crippen molar-refractivity contribution in [1.29, 1.82) is 0 Å². The Labute approximate surface area is 180 Å². The standard InChI is InChI=1S/C22H25N5O4/c1-16-24-26-22(27-25-16)18-4-8-20(9-5-18)31-15-14-30-13-11-21(29)23-12-10-17-2-6-19(28)7-3-17/h2-9,28H,10-15H2,1H3,(H,23,29). The molecule has 9 nitrogen and oxygen atoms in total. The van der Waals surface area contributed by atoms with Gasteiger partial charge in [-0.15, -0.1) is 20.4 Å². The highest BCUT2D eigenvalue weighted by atomic mass is 16.5. The Balaban J connectivity index is 1.25. The zero-order valence-electron chi connectivity index (χ0n) is 17.3. The molecule has 0 bridgehead atoms. The van der Waals surface area contributed by atoms with E-state index in [1.165, 1.54) is 0 Å². The van der Waals surface area contributed by atoms with Gasteiger partial charge >= 0.3 is 0 Å². The van der Waals surface area contributed by atoms with E-state index in [-0.39, 0.29) is 11.7 Å². The Morgan fingerprint density at radius 2 is 1.65 bits per heavy atom. The third-order valence-corrected chi connectivity index (χ3v) is 4.33. The Bertz CT molecular complexity index is 947. The molecule has 0 fully saturated rings. The molecule has 162 valence electrons. The second-order valence-electron chi connectivity index (χ2n) is 6.77. The lowest BCUT2D eigenvalue weighted by molar-refractivity contribution is -0.122. The van der Waals surface area contributed by atoms with Crippen LogP contribution in [0, 0.1) is 6.92 Å². The Hall–Kier alpha value is -3.59. The van der Waals surface area contributed by atoms with Gasteiger partial charge in [-0.3, -0.25) is 4.79 Å². The predicted octanol–water partition coefficient (Wildman–Crippen LogP) is 2.09. The highest BCUT2D eigenvalue weighted by Gasteiger charge is 2.04. The van der Waals surface area contributed by atoms with Crippen molar-refractivity contribution in [2.75, 3.05) is 26.4 Å². The fourth-order valence-electron chi connectivity index (χ4n) is 2.68. The summed E-state index contributed by atoms with van der Waals surface area (Å²) >= 11 is 0. The highest BCUT2D eigenvalue weighted by molar-refractivity contribution is 5.75. The van der Waals surface area contributed by atoms with Gasteiger partial charge in [-0.25, -0.2) is 0 Å². The van der Waals surface area contributed by atoms with Crippen molar-refractivity contribution in [1.82, 2.24) is 25.7 Å². The van der Waals surface area contributed by atoms with Crippen LogP contribution in [0.3, 0.4) is 0 Å². The number of phenolic OH excluding ortho intramolecular Hbond substituents is 1. The molecular formula is C22H25N5O4. The molecular weight excluding hydrogens is 398 g/mol. The predicted molar refractivity (Wildman–Crippen MR) is 114 cm³/mol. The van der Waals surface area contributed by atoms with E-state index in [0.717, 1.165) is 11.1 Å². The van der Waals surface area contributed by atoms with E-state index in [1.807, 2.05) is 36.4 Å². The number of rotatable bonds is 11. The summed E-state index contributed by atoms with van der Waals surface area (Å²) in [6.45, 7) is 3.37. The van der Waals surface area contributed by atoms with Gasteiger partial charge in [-0.1, -0.05) is 12.1 Å². The molecule has 0 saturated carbocycles. The third-order valence-electron chi connectivity index (χ3n) is 4.33. The first kappa shape index (κ1) is 22.1. The number of hydrogen-bond acceptors (Lipinski definition) is 8. The van der Waals surface area contributed by atoms with Crippen LogP contribution in [0.4, 0.5) is 0 Å². The molecule has 2 aromatic carbocycles. The topological polar surface area (TPSA) is 119 Å². The van der Waals surface area contributed by atoms with E-state index in [0.29, 0.717) is 56.6 Å². The molecule has 0 aliphatic heterocycles. The van der Waals surface area contributed by atoms with Gasteiger partial charge in [-0.2, -0.15) is 0 Å². The van der Waals surface area contributed by atoms with E-state index in [9.17, 15) is 9.90 Å². The van der Waals surface area contributed by atoms with Gasteiger partial charge in [0.1, 0.15) is 18.1 Å². The van der Waals surface area contributed by atoms with Crippen molar-refractivity contribution in [3.8, 4) is 22.9 Å². The van der Waals surface area contributed by atoms with Gasteiger partial charge in [0.05, 0.1) is 13.2 Å². The van der Waals surface area contributed by atoms with Crippen LogP contribution in [-0.2, 0) is 16.0 Å². The number of aromatic hydroxyl groups is 1. The largest absolute Gasteiger partial charge is 0.508 e. The number of aryl methyl sites for hydroxylation is 1. The molecule has 1 amide bonds. The summed E-state index contributed by atoms with van der Waals surface area (Å²) in [5, 5.41) is 27.9. The summed E-state index contributed by atoms with van der Waals surface area (Å²) in [6.07, 6.45) is 1.01. The summed E-state index contributed by atoms with van der Waals surface area (Å²) in [6, 6.07) is 14.3. The maximum Gasteiger partial charge on any atom is 0.222 e. The normalized spacial score (nSPS) is 10.6. The van der Waals surface area contributed by atoms with Crippen LogP contribution in [0.5, 0.6) is 11.5 Å². The van der Waals surface area contributed by atoms with Gasteiger partial charge in [0, 0.05) is 18.5 Å². The first-order chi connectivity index (χ1) is 15.1. The van der Waals surface area contributed by atoms with Crippen molar-refractivity contribution >= 4 is 5.91 Å². The van der Waals surface area contributed by atoms with Gasteiger partial charge in [0.15, 0.2) is 5.82 Å². The van der Waals surface area contributed by atoms with Crippen molar-refractivity contribution in [2.45, 2.75) is 19.8 Å². The zero-order chi connectivity index (χ0) is 21.9. The maximum atomic E-state index is 11.8. The molecule has 0 radical (unpaired) electrons. The van der Waals surface area contributed by atoms with Crippen molar-refractivity contribution in [3.63, 3.8) is 0 Å². The average molecular weight is 423 g/mol. The number of ether oxygens (including phenoxy) is 2.